The second-order valence-electron chi connectivity index (χ2n) is 10.5. The summed E-state index contributed by atoms with van der Waals surface area (Å²) in [6.07, 6.45) is 8.98. The Morgan fingerprint density at radius 1 is 1.26 bits per heavy atom. The molecule has 3 atom stereocenters. The van der Waals surface area contributed by atoms with Crippen LogP contribution >= 0.6 is 0 Å². The van der Waals surface area contributed by atoms with Crippen molar-refractivity contribution in [3.8, 4) is 0 Å². The van der Waals surface area contributed by atoms with Crippen LogP contribution in [0.3, 0.4) is 0 Å². The number of rotatable bonds is 6. The lowest BCUT2D eigenvalue weighted by Gasteiger charge is -2.34. The Morgan fingerprint density at radius 2 is 2.06 bits per heavy atom. The number of nitrogens with zero attached hydrogens (tertiary/aromatic N) is 6. The van der Waals surface area contributed by atoms with Crippen molar-refractivity contribution in [2.75, 3.05) is 6.54 Å². The van der Waals surface area contributed by atoms with Crippen LogP contribution < -0.4 is 5.32 Å². The van der Waals surface area contributed by atoms with Crippen molar-refractivity contribution in [1.29, 1.82) is 0 Å². The van der Waals surface area contributed by atoms with E-state index in [-0.39, 0.29) is 24.8 Å². The first kappa shape index (κ1) is 22.5. The summed E-state index contributed by atoms with van der Waals surface area (Å²) in [5.41, 5.74) is 2.16. The van der Waals surface area contributed by atoms with E-state index in [1.54, 1.807) is 10.9 Å². The van der Waals surface area contributed by atoms with Gasteiger partial charge in [-0.1, -0.05) is 26.0 Å². The van der Waals surface area contributed by atoms with Gasteiger partial charge >= 0.3 is 0 Å². The SMILES string of the molecule is CC(C)(C)[C@@H](C(=O)N1C[C@H](O)C[C@H]1C(=O)NCc1ccn2ccnc2c1)n1cc(C2CC2)nn1. The number of carbonyl (C=O) groups excluding carboxylic acids is 2. The van der Waals surface area contributed by atoms with Crippen LogP contribution in [-0.4, -0.2) is 64.9 Å². The number of amides is 2. The molecule has 5 rings (SSSR count). The molecule has 10 heteroatoms. The zero-order chi connectivity index (χ0) is 24.0. The Labute approximate surface area is 198 Å². The minimum atomic E-state index is -0.751. The molecule has 10 nitrogen and oxygen atoms in total. The molecule has 3 aromatic rings. The van der Waals surface area contributed by atoms with E-state index in [0.717, 1.165) is 29.7 Å². The van der Waals surface area contributed by atoms with Crippen LogP contribution in [0.5, 0.6) is 0 Å². The van der Waals surface area contributed by atoms with E-state index in [1.807, 2.05) is 55.9 Å². The van der Waals surface area contributed by atoms with Gasteiger partial charge in [-0.3, -0.25) is 9.59 Å². The number of aliphatic hydroxyl groups excluding tert-OH is 1. The normalized spacial score (nSPS) is 21.7. The third-order valence-electron chi connectivity index (χ3n) is 6.64. The maximum absolute atomic E-state index is 13.8. The summed E-state index contributed by atoms with van der Waals surface area (Å²) in [4.78, 5) is 32.7. The predicted molar refractivity (Wildman–Crippen MR) is 124 cm³/mol. The molecule has 2 N–H and O–H groups in total. The molecule has 3 aromatic heterocycles. The summed E-state index contributed by atoms with van der Waals surface area (Å²) < 4.78 is 3.53. The number of aliphatic hydroxyl groups is 1. The third-order valence-corrected chi connectivity index (χ3v) is 6.64. The number of hydrogen-bond acceptors (Lipinski definition) is 6. The summed E-state index contributed by atoms with van der Waals surface area (Å²) in [5, 5.41) is 21.8. The highest BCUT2D eigenvalue weighted by molar-refractivity contribution is 5.90. The first-order chi connectivity index (χ1) is 16.2. The highest BCUT2D eigenvalue weighted by Crippen LogP contribution is 2.40. The fraction of sp³-hybridized carbons (Fsp3) is 0.542. The monoisotopic (exact) mass is 465 g/mol. The van der Waals surface area contributed by atoms with Crippen LogP contribution in [0.1, 0.15) is 63.3 Å². The molecule has 2 fully saturated rings. The van der Waals surface area contributed by atoms with Crippen molar-refractivity contribution < 1.29 is 14.7 Å². The maximum atomic E-state index is 13.8. The number of fused-ring (bicyclic) bond motifs is 1. The first-order valence-corrected chi connectivity index (χ1v) is 11.8. The second-order valence-corrected chi connectivity index (χ2v) is 10.5. The Balaban J connectivity index is 1.32. The Morgan fingerprint density at radius 3 is 2.79 bits per heavy atom. The minimum absolute atomic E-state index is 0.119. The zero-order valence-corrected chi connectivity index (χ0v) is 19.8. The van der Waals surface area contributed by atoms with E-state index >= 15 is 0 Å². The molecule has 0 spiro atoms. The summed E-state index contributed by atoms with van der Waals surface area (Å²) in [6, 6.07) is 2.45. The van der Waals surface area contributed by atoms with Gasteiger partial charge in [-0.05, 0) is 36.0 Å². The Kier molecular flexibility index (Phi) is 5.63. The molecule has 180 valence electrons. The van der Waals surface area contributed by atoms with Gasteiger partial charge in [-0.25, -0.2) is 9.67 Å². The number of imidazole rings is 1. The smallest absolute Gasteiger partial charge is 0.248 e. The van der Waals surface area contributed by atoms with Crippen molar-refractivity contribution in [2.45, 2.75) is 70.7 Å². The van der Waals surface area contributed by atoms with Crippen LogP contribution in [0.25, 0.3) is 5.65 Å². The number of pyridine rings is 1. The lowest BCUT2D eigenvalue weighted by atomic mass is 9.85. The Hall–Kier alpha value is -3.27. The van der Waals surface area contributed by atoms with Gasteiger partial charge in [0.25, 0.3) is 0 Å². The number of β-amino-alcohol motifs (C(OH)–C–C–N with tert-alkyl or cyclic N) is 1. The fourth-order valence-corrected chi connectivity index (χ4v) is 4.70. The molecule has 0 bridgehead atoms. The molecule has 0 unspecified atom stereocenters. The van der Waals surface area contributed by atoms with Crippen LogP contribution in [0.15, 0.2) is 36.9 Å². The molecular formula is C24H31N7O3. The number of aromatic nitrogens is 5. The molecule has 2 aliphatic rings. The Bertz CT molecular complexity index is 1210. The summed E-state index contributed by atoms with van der Waals surface area (Å²) >= 11 is 0. The molecule has 1 saturated heterocycles. The molecule has 1 saturated carbocycles. The van der Waals surface area contributed by atoms with E-state index in [1.165, 1.54) is 4.90 Å². The third kappa shape index (κ3) is 4.42. The molecule has 34 heavy (non-hydrogen) atoms. The lowest BCUT2D eigenvalue weighted by Crippen LogP contribution is -2.50. The van der Waals surface area contributed by atoms with E-state index in [0.29, 0.717) is 12.5 Å². The summed E-state index contributed by atoms with van der Waals surface area (Å²) in [6.45, 7) is 6.35. The van der Waals surface area contributed by atoms with Crippen LogP contribution in [0.2, 0.25) is 0 Å². The van der Waals surface area contributed by atoms with Crippen molar-refractivity contribution in [3.05, 3.63) is 48.2 Å². The molecule has 4 heterocycles. The predicted octanol–water partition coefficient (Wildman–Crippen LogP) is 1.67. The minimum Gasteiger partial charge on any atom is -0.391 e. The van der Waals surface area contributed by atoms with Crippen molar-refractivity contribution in [3.63, 3.8) is 0 Å². The van der Waals surface area contributed by atoms with Gasteiger partial charge < -0.3 is 19.7 Å². The van der Waals surface area contributed by atoms with Gasteiger partial charge in [0.2, 0.25) is 11.8 Å². The van der Waals surface area contributed by atoms with Gasteiger partial charge in [0.1, 0.15) is 17.7 Å². The number of hydrogen-bond donors (Lipinski definition) is 2. The number of likely N-dealkylation sites (tertiary alicyclic amines) is 1. The fourth-order valence-electron chi connectivity index (χ4n) is 4.70. The molecule has 0 radical (unpaired) electrons. The molecule has 0 aromatic carbocycles. The van der Waals surface area contributed by atoms with E-state index < -0.39 is 23.6 Å². The van der Waals surface area contributed by atoms with E-state index in [9.17, 15) is 14.7 Å². The molecular weight excluding hydrogens is 434 g/mol. The van der Waals surface area contributed by atoms with Crippen molar-refractivity contribution in [1.82, 2.24) is 34.6 Å². The lowest BCUT2D eigenvalue weighted by molar-refractivity contribution is -0.144. The number of carbonyl (C=O) groups is 2. The van der Waals surface area contributed by atoms with Crippen LogP contribution in [0, 0.1) is 5.41 Å². The van der Waals surface area contributed by atoms with E-state index in [2.05, 4.69) is 20.6 Å². The first-order valence-electron chi connectivity index (χ1n) is 11.8. The topological polar surface area (TPSA) is 118 Å². The van der Waals surface area contributed by atoms with Crippen molar-refractivity contribution >= 4 is 17.5 Å². The van der Waals surface area contributed by atoms with Gasteiger partial charge in [-0.2, -0.15) is 0 Å². The second kappa shape index (κ2) is 8.50. The molecule has 1 aliphatic heterocycles. The van der Waals surface area contributed by atoms with Crippen LogP contribution in [-0.2, 0) is 16.1 Å². The quantitative estimate of drug-likeness (QED) is 0.572. The van der Waals surface area contributed by atoms with Gasteiger partial charge in [0.15, 0.2) is 0 Å². The average molecular weight is 466 g/mol. The molecule has 1 aliphatic carbocycles. The van der Waals surface area contributed by atoms with Gasteiger partial charge in [-0.15, -0.1) is 5.10 Å². The highest BCUT2D eigenvalue weighted by atomic mass is 16.3. The van der Waals surface area contributed by atoms with E-state index in [4.69, 9.17) is 0 Å². The summed E-state index contributed by atoms with van der Waals surface area (Å²) in [5.74, 6) is -0.0777. The maximum Gasteiger partial charge on any atom is 0.248 e. The van der Waals surface area contributed by atoms with Gasteiger partial charge in [0, 0.05) is 50.2 Å². The number of nitrogens with one attached hydrogen (secondary N) is 1. The molecule has 2 amide bonds. The van der Waals surface area contributed by atoms with Crippen LogP contribution in [0.4, 0.5) is 0 Å². The standard InChI is InChI=1S/C24H31N7O3/c1-24(2,3)21(31-14-18(27-28-31)16-4-5-16)23(34)30-13-17(32)11-19(30)22(33)26-12-15-6-8-29-9-7-25-20(29)10-15/h6-10,14,16-17,19,21,32H,4-5,11-13H2,1-3H3,(H,26,33)/t17-,19+,21-/m1/s1. The largest absolute Gasteiger partial charge is 0.391 e. The van der Waals surface area contributed by atoms with Gasteiger partial charge in [0.05, 0.1) is 11.8 Å². The summed E-state index contributed by atoms with van der Waals surface area (Å²) in [7, 11) is 0. The van der Waals surface area contributed by atoms with Crippen molar-refractivity contribution in [2.24, 2.45) is 5.41 Å². The average Bonchev–Trinajstić information content (AvgIpc) is 3.17. The zero-order valence-electron chi connectivity index (χ0n) is 19.8. The highest BCUT2D eigenvalue weighted by Gasteiger charge is 2.45.